The van der Waals surface area contributed by atoms with Crippen LogP contribution in [-0.2, 0) is 0 Å². The van der Waals surface area contributed by atoms with Gasteiger partial charge in [0.25, 0.3) is 0 Å². The van der Waals surface area contributed by atoms with Crippen molar-refractivity contribution in [2.45, 2.75) is 34.6 Å². The number of aromatic nitrogens is 2. The van der Waals surface area contributed by atoms with Gasteiger partial charge in [0, 0.05) is 16.8 Å². The minimum atomic E-state index is 1.07. The van der Waals surface area contributed by atoms with Crippen molar-refractivity contribution >= 4 is 11.3 Å². The summed E-state index contributed by atoms with van der Waals surface area (Å²) < 4.78 is 0. The molecule has 0 radical (unpaired) electrons. The highest BCUT2D eigenvalue weighted by Crippen LogP contribution is 2.07. The second kappa shape index (κ2) is 9.04. The van der Waals surface area contributed by atoms with Crippen molar-refractivity contribution in [3.8, 4) is 0 Å². The van der Waals surface area contributed by atoms with E-state index in [-0.39, 0.29) is 0 Å². The first-order valence-electron chi connectivity index (χ1n) is 5.44. The van der Waals surface area contributed by atoms with Gasteiger partial charge in [-0.2, -0.15) is 0 Å². The van der Waals surface area contributed by atoms with E-state index < -0.39 is 0 Å². The molecular weight excluding hydrogens is 216 g/mol. The second-order valence-corrected chi connectivity index (χ2v) is 4.02. The molecule has 0 aliphatic carbocycles. The van der Waals surface area contributed by atoms with E-state index in [1.807, 2.05) is 51.4 Å². The molecule has 2 aromatic heterocycles. The standard InChI is InChI=1S/C6H7N.C5H7NS.C2H6/c1-6-4-2-3-5-7-6;1-4-5(2)7-3-6-4;1-2/h2-5H,1H3;3H,1-2H3;1-2H3. The van der Waals surface area contributed by atoms with Crippen molar-refractivity contribution in [3.63, 3.8) is 0 Å². The van der Waals surface area contributed by atoms with Crippen LogP contribution in [0, 0.1) is 20.8 Å². The fourth-order valence-electron chi connectivity index (χ4n) is 0.809. The number of thiazole rings is 1. The Balaban J connectivity index is 0.000000244. The van der Waals surface area contributed by atoms with Gasteiger partial charge in [0.1, 0.15) is 0 Å². The van der Waals surface area contributed by atoms with Gasteiger partial charge in [-0.05, 0) is 32.9 Å². The number of hydrogen-bond donors (Lipinski definition) is 0. The minimum absolute atomic E-state index is 1.07. The van der Waals surface area contributed by atoms with Gasteiger partial charge >= 0.3 is 0 Å². The summed E-state index contributed by atoms with van der Waals surface area (Å²) in [5.41, 5.74) is 4.09. The van der Waals surface area contributed by atoms with Gasteiger partial charge in [0.05, 0.1) is 11.2 Å². The van der Waals surface area contributed by atoms with Crippen LogP contribution < -0.4 is 0 Å². The highest BCUT2D eigenvalue weighted by Gasteiger charge is 1.88. The average Bonchev–Trinajstić information content (AvgIpc) is 2.68. The highest BCUT2D eigenvalue weighted by atomic mass is 32.1. The molecule has 0 N–H and O–H groups in total. The van der Waals surface area contributed by atoms with E-state index in [0.717, 1.165) is 11.4 Å². The second-order valence-electron chi connectivity index (χ2n) is 2.97. The van der Waals surface area contributed by atoms with Gasteiger partial charge in [0.2, 0.25) is 0 Å². The van der Waals surface area contributed by atoms with Gasteiger partial charge < -0.3 is 0 Å². The Bertz CT molecular complexity index is 352. The van der Waals surface area contributed by atoms with E-state index in [4.69, 9.17) is 0 Å². The van der Waals surface area contributed by atoms with Crippen molar-refractivity contribution in [2.75, 3.05) is 0 Å². The summed E-state index contributed by atoms with van der Waals surface area (Å²) in [6.07, 6.45) is 1.79. The average molecular weight is 236 g/mol. The molecule has 0 spiro atoms. The van der Waals surface area contributed by atoms with Crippen LogP contribution in [0.5, 0.6) is 0 Å². The molecule has 2 aromatic rings. The molecule has 0 aromatic carbocycles. The zero-order valence-corrected chi connectivity index (χ0v) is 11.5. The maximum Gasteiger partial charge on any atom is 0.0797 e. The van der Waals surface area contributed by atoms with E-state index >= 15 is 0 Å². The molecule has 0 fully saturated rings. The summed E-state index contributed by atoms with van der Waals surface area (Å²) in [6.45, 7) is 10.1. The van der Waals surface area contributed by atoms with E-state index in [9.17, 15) is 0 Å². The molecule has 0 bridgehead atoms. The molecule has 3 heteroatoms. The zero-order valence-electron chi connectivity index (χ0n) is 10.7. The first kappa shape index (κ1) is 14.8. The molecule has 2 rings (SSSR count). The predicted octanol–water partition coefficient (Wildman–Crippen LogP) is 4.18. The largest absolute Gasteiger partial charge is 0.262 e. The molecule has 0 saturated carbocycles. The molecule has 0 unspecified atom stereocenters. The van der Waals surface area contributed by atoms with Gasteiger partial charge in [-0.3, -0.25) is 4.98 Å². The summed E-state index contributed by atoms with van der Waals surface area (Å²) in [6, 6.07) is 5.86. The lowest BCUT2D eigenvalue weighted by Crippen LogP contribution is -1.72. The van der Waals surface area contributed by atoms with E-state index in [1.54, 1.807) is 17.5 Å². The molecule has 0 aliphatic rings. The number of nitrogens with zero attached hydrogens (tertiary/aromatic N) is 2. The van der Waals surface area contributed by atoms with E-state index in [1.165, 1.54) is 4.88 Å². The van der Waals surface area contributed by atoms with Crippen LogP contribution in [-0.4, -0.2) is 9.97 Å². The number of aryl methyl sites for hydroxylation is 3. The lowest BCUT2D eigenvalue weighted by molar-refractivity contribution is 1.20. The molecule has 88 valence electrons. The van der Waals surface area contributed by atoms with Crippen LogP contribution >= 0.6 is 11.3 Å². The fourth-order valence-corrected chi connectivity index (χ4v) is 1.40. The maximum atomic E-state index is 4.03. The quantitative estimate of drug-likeness (QED) is 0.686. The molecular formula is C13H20N2S. The Labute approximate surface area is 102 Å². The molecule has 0 saturated heterocycles. The number of pyridine rings is 1. The summed E-state index contributed by atoms with van der Waals surface area (Å²) in [4.78, 5) is 9.33. The number of rotatable bonds is 0. The third-order valence-electron chi connectivity index (χ3n) is 1.80. The molecule has 0 aliphatic heterocycles. The Morgan fingerprint density at radius 3 is 1.88 bits per heavy atom. The lowest BCUT2D eigenvalue weighted by Gasteiger charge is -1.82. The monoisotopic (exact) mass is 236 g/mol. The van der Waals surface area contributed by atoms with Crippen LogP contribution in [0.4, 0.5) is 0 Å². The third-order valence-corrected chi connectivity index (χ3v) is 2.66. The van der Waals surface area contributed by atoms with Gasteiger partial charge in [-0.25, -0.2) is 4.98 Å². The first-order chi connectivity index (χ1) is 7.70. The smallest absolute Gasteiger partial charge is 0.0797 e. The van der Waals surface area contributed by atoms with Crippen LogP contribution in [0.15, 0.2) is 29.9 Å². The summed E-state index contributed by atoms with van der Waals surface area (Å²) in [5, 5.41) is 0. The highest BCUT2D eigenvalue weighted by molar-refractivity contribution is 7.09. The summed E-state index contributed by atoms with van der Waals surface area (Å²) in [5.74, 6) is 0. The third kappa shape index (κ3) is 6.30. The molecule has 0 amide bonds. The van der Waals surface area contributed by atoms with Crippen molar-refractivity contribution in [1.82, 2.24) is 9.97 Å². The number of hydrogen-bond acceptors (Lipinski definition) is 3. The Morgan fingerprint density at radius 1 is 1.00 bits per heavy atom. The first-order valence-corrected chi connectivity index (χ1v) is 6.32. The predicted molar refractivity (Wildman–Crippen MR) is 71.9 cm³/mol. The topological polar surface area (TPSA) is 25.8 Å². The van der Waals surface area contributed by atoms with Crippen LogP contribution in [0.1, 0.15) is 30.1 Å². The van der Waals surface area contributed by atoms with Gasteiger partial charge in [-0.1, -0.05) is 19.9 Å². The van der Waals surface area contributed by atoms with Crippen molar-refractivity contribution in [2.24, 2.45) is 0 Å². The Hall–Kier alpha value is -1.22. The molecule has 16 heavy (non-hydrogen) atoms. The van der Waals surface area contributed by atoms with Crippen molar-refractivity contribution in [3.05, 3.63) is 46.2 Å². The zero-order chi connectivity index (χ0) is 12.4. The molecule has 2 heterocycles. The van der Waals surface area contributed by atoms with Crippen LogP contribution in [0.2, 0.25) is 0 Å². The van der Waals surface area contributed by atoms with Gasteiger partial charge in [-0.15, -0.1) is 11.3 Å². The fraction of sp³-hybridized carbons (Fsp3) is 0.385. The Morgan fingerprint density at radius 2 is 1.69 bits per heavy atom. The Kier molecular flexibility index (Phi) is 8.35. The molecule has 2 nitrogen and oxygen atoms in total. The summed E-state index contributed by atoms with van der Waals surface area (Å²) in [7, 11) is 0. The normalized spacial score (nSPS) is 8.31. The van der Waals surface area contributed by atoms with E-state index in [0.29, 0.717) is 0 Å². The molecule has 0 atom stereocenters. The van der Waals surface area contributed by atoms with Gasteiger partial charge in [0.15, 0.2) is 0 Å². The van der Waals surface area contributed by atoms with Crippen LogP contribution in [0.25, 0.3) is 0 Å². The van der Waals surface area contributed by atoms with Crippen LogP contribution in [0.3, 0.4) is 0 Å². The van der Waals surface area contributed by atoms with Crippen molar-refractivity contribution in [1.29, 1.82) is 0 Å². The van der Waals surface area contributed by atoms with Crippen molar-refractivity contribution < 1.29 is 0 Å². The summed E-state index contributed by atoms with van der Waals surface area (Å²) >= 11 is 1.69. The lowest BCUT2D eigenvalue weighted by atomic mass is 10.4. The maximum absolute atomic E-state index is 4.03. The minimum Gasteiger partial charge on any atom is -0.262 e. The SMILES string of the molecule is CC.Cc1ccccn1.Cc1ncsc1C. The van der Waals surface area contributed by atoms with E-state index in [2.05, 4.69) is 16.9 Å².